The number of nitrogens with zero attached hydrogens (tertiary/aromatic N) is 5. The van der Waals surface area contributed by atoms with Gasteiger partial charge in [0.15, 0.2) is 5.96 Å². The van der Waals surface area contributed by atoms with Crippen molar-refractivity contribution in [2.24, 2.45) is 12.0 Å². The van der Waals surface area contributed by atoms with Gasteiger partial charge < -0.3 is 10.2 Å². The van der Waals surface area contributed by atoms with E-state index in [0.717, 1.165) is 45.1 Å². The molecule has 3 heterocycles. The lowest BCUT2D eigenvalue weighted by Gasteiger charge is -2.26. The first kappa shape index (κ1) is 24.0. The lowest BCUT2D eigenvalue weighted by atomic mass is 10.0. The van der Waals surface area contributed by atoms with Crippen LogP contribution in [0.4, 0.5) is 0 Å². The number of benzene rings is 1. The van der Waals surface area contributed by atoms with Gasteiger partial charge >= 0.3 is 0 Å². The molecule has 7 heteroatoms. The van der Waals surface area contributed by atoms with Gasteiger partial charge in [0.2, 0.25) is 0 Å². The summed E-state index contributed by atoms with van der Waals surface area (Å²) in [6.07, 6.45) is 9.38. The number of rotatable bonds is 6. The maximum atomic E-state index is 4.94. The molecule has 0 bridgehead atoms. The molecular formula is C24H37IN6. The summed E-state index contributed by atoms with van der Waals surface area (Å²) in [7, 11) is 1.99. The fourth-order valence-electron chi connectivity index (χ4n) is 4.59. The Morgan fingerprint density at radius 2 is 1.84 bits per heavy atom. The minimum absolute atomic E-state index is 0. The highest BCUT2D eigenvalue weighted by molar-refractivity contribution is 14.0. The van der Waals surface area contributed by atoms with Crippen LogP contribution in [0.5, 0.6) is 0 Å². The largest absolute Gasteiger partial charge is 0.357 e. The zero-order chi connectivity index (χ0) is 20.8. The molecule has 2 aliphatic rings. The van der Waals surface area contributed by atoms with Crippen LogP contribution in [-0.2, 0) is 20.1 Å². The molecule has 4 rings (SSSR count). The van der Waals surface area contributed by atoms with E-state index in [1.165, 1.54) is 49.0 Å². The molecular weight excluding hydrogens is 499 g/mol. The molecule has 1 aromatic carbocycles. The third-order valence-electron chi connectivity index (χ3n) is 6.31. The van der Waals surface area contributed by atoms with Crippen LogP contribution in [0.1, 0.15) is 55.2 Å². The number of aryl methyl sites for hydroxylation is 1. The van der Waals surface area contributed by atoms with Crippen LogP contribution in [0, 0.1) is 0 Å². The van der Waals surface area contributed by atoms with E-state index in [4.69, 9.17) is 4.99 Å². The summed E-state index contributed by atoms with van der Waals surface area (Å²) in [5.74, 6) is 1.57. The van der Waals surface area contributed by atoms with Crippen molar-refractivity contribution in [2.75, 3.05) is 32.7 Å². The Hall–Kier alpha value is -1.61. The average molecular weight is 537 g/mol. The average Bonchev–Trinajstić information content (AvgIpc) is 3.42. The summed E-state index contributed by atoms with van der Waals surface area (Å²) in [5.41, 5.74) is 4.02. The fraction of sp³-hybridized carbons (Fsp3) is 0.583. The van der Waals surface area contributed by atoms with E-state index in [0.29, 0.717) is 5.92 Å². The molecule has 1 unspecified atom stereocenters. The van der Waals surface area contributed by atoms with Crippen molar-refractivity contribution in [3.05, 3.63) is 53.3 Å². The topological polar surface area (TPSA) is 48.7 Å². The normalized spacial score (nSPS) is 20.0. The van der Waals surface area contributed by atoms with E-state index in [1.807, 2.05) is 17.9 Å². The number of hydrogen-bond acceptors (Lipinski definition) is 3. The summed E-state index contributed by atoms with van der Waals surface area (Å²) in [6.45, 7) is 9.37. The maximum absolute atomic E-state index is 4.94. The first-order chi connectivity index (χ1) is 14.7. The lowest BCUT2D eigenvalue weighted by Crippen LogP contribution is -2.40. The van der Waals surface area contributed by atoms with Crippen LogP contribution >= 0.6 is 24.0 Å². The summed E-state index contributed by atoms with van der Waals surface area (Å²) in [4.78, 5) is 9.91. The second kappa shape index (κ2) is 11.9. The Bertz CT molecular complexity index is 825. The van der Waals surface area contributed by atoms with Crippen LogP contribution in [0.2, 0.25) is 0 Å². The molecule has 0 aliphatic carbocycles. The second-order valence-corrected chi connectivity index (χ2v) is 8.70. The first-order valence-corrected chi connectivity index (χ1v) is 11.5. The van der Waals surface area contributed by atoms with E-state index in [1.54, 1.807) is 0 Å². The van der Waals surface area contributed by atoms with Crippen molar-refractivity contribution >= 4 is 29.9 Å². The molecule has 0 amide bonds. The van der Waals surface area contributed by atoms with Crippen molar-refractivity contribution in [3.63, 3.8) is 0 Å². The molecule has 6 nitrogen and oxygen atoms in total. The van der Waals surface area contributed by atoms with Gasteiger partial charge in [-0.2, -0.15) is 5.10 Å². The molecule has 1 aromatic heterocycles. The van der Waals surface area contributed by atoms with E-state index in [2.05, 4.69) is 57.6 Å². The molecule has 31 heavy (non-hydrogen) atoms. The molecule has 0 spiro atoms. The fourth-order valence-corrected chi connectivity index (χ4v) is 4.59. The Balaban J connectivity index is 0.00000272. The van der Waals surface area contributed by atoms with Crippen LogP contribution in [0.3, 0.4) is 0 Å². The van der Waals surface area contributed by atoms with Gasteiger partial charge in [-0.3, -0.25) is 9.58 Å². The third kappa shape index (κ3) is 6.68. The number of guanidine groups is 1. The number of hydrogen-bond donors (Lipinski definition) is 1. The molecule has 2 fully saturated rings. The van der Waals surface area contributed by atoms with Crippen LogP contribution in [0.25, 0.3) is 0 Å². The summed E-state index contributed by atoms with van der Waals surface area (Å²) in [5, 5.41) is 7.82. The molecule has 0 radical (unpaired) electrons. The molecule has 170 valence electrons. The highest BCUT2D eigenvalue weighted by atomic mass is 127. The van der Waals surface area contributed by atoms with Gasteiger partial charge in [-0.05, 0) is 56.0 Å². The second-order valence-electron chi connectivity index (χ2n) is 8.70. The van der Waals surface area contributed by atoms with Gasteiger partial charge in [-0.25, -0.2) is 4.99 Å². The monoisotopic (exact) mass is 536 g/mol. The number of likely N-dealkylation sites (tertiary alicyclic amines) is 2. The zero-order valence-corrected chi connectivity index (χ0v) is 21.3. The maximum Gasteiger partial charge on any atom is 0.194 e. The molecule has 2 saturated heterocycles. The summed E-state index contributed by atoms with van der Waals surface area (Å²) < 4.78 is 1.90. The Kier molecular flexibility index (Phi) is 9.19. The quantitative estimate of drug-likeness (QED) is 0.345. The number of aliphatic imine (C=N–C) groups is 1. The summed E-state index contributed by atoms with van der Waals surface area (Å²) >= 11 is 0. The predicted molar refractivity (Wildman–Crippen MR) is 138 cm³/mol. The smallest absolute Gasteiger partial charge is 0.194 e. The van der Waals surface area contributed by atoms with Gasteiger partial charge in [0.1, 0.15) is 0 Å². The Morgan fingerprint density at radius 1 is 1.10 bits per heavy atom. The summed E-state index contributed by atoms with van der Waals surface area (Å²) in [6, 6.07) is 9.05. The Labute approximate surface area is 204 Å². The van der Waals surface area contributed by atoms with Crippen LogP contribution < -0.4 is 5.32 Å². The van der Waals surface area contributed by atoms with E-state index in [9.17, 15) is 0 Å². The van der Waals surface area contributed by atoms with Crippen LogP contribution in [0.15, 0.2) is 41.7 Å². The third-order valence-corrected chi connectivity index (χ3v) is 6.31. The minimum Gasteiger partial charge on any atom is -0.357 e. The lowest BCUT2D eigenvalue weighted by molar-refractivity contribution is 0.221. The molecule has 1 N–H and O–H groups in total. The van der Waals surface area contributed by atoms with E-state index >= 15 is 0 Å². The molecule has 1 atom stereocenters. The van der Waals surface area contributed by atoms with Gasteiger partial charge in [-0.1, -0.05) is 30.7 Å². The number of nitrogens with one attached hydrogen (secondary N) is 1. The van der Waals surface area contributed by atoms with Crippen molar-refractivity contribution in [3.8, 4) is 0 Å². The van der Waals surface area contributed by atoms with Gasteiger partial charge in [-0.15, -0.1) is 24.0 Å². The SMILES string of the molecule is CCNC(=NCc1ccc(CN2CCCCC2)cc1)N1CCC(c2cnn(C)c2)C1.I. The van der Waals surface area contributed by atoms with E-state index < -0.39 is 0 Å². The number of aromatic nitrogens is 2. The highest BCUT2D eigenvalue weighted by Gasteiger charge is 2.26. The standard InChI is InChI=1S/C24H36N6.HI/c1-3-25-24(30-14-11-22(19-30)23-16-27-28(2)18-23)26-15-20-7-9-21(10-8-20)17-29-12-5-4-6-13-29;/h7-10,16,18,22H,3-6,11-15,17,19H2,1-2H3,(H,25,26);1H. The van der Waals surface area contributed by atoms with Crippen molar-refractivity contribution < 1.29 is 0 Å². The number of halogens is 1. The zero-order valence-electron chi connectivity index (χ0n) is 19.0. The highest BCUT2D eigenvalue weighted by Crippen LogP contribution is 2.26. The molecule has 0 saturated carbocycles. The predicted octanol–water partition coefficient (Wildman–Crippen LogP) is 3.98. The van der Waals surface area contributed by atoms with E-state index in [-0.39, 0.29) is 24.0 Å². The van der Waals surface area contributed by atoms with Gasteiger partial charge in [0.05, 0.1) is 12.7 Å². The van der Waals surface area contributed by atoms with Crippen molar-refractivity contribution in [1.29, 1.82) is 0 Å². The molecule has 2 aromatic rings. The van der Waals surface area contributed by atoms with Crippen LogP contribution in [-0.4, -0.2) is 58.3 Å². The van der Waals surface area contributed by atoms with Crippen molar-refractivity contribution in [2.45, 2.75) is 51.6 Å². The minimum atomic E-state index is 0. The first-order valence-electron chi connectivity index (χ1n) is 11.5. The number of piperidine rings is 1. The van der Waals surface area contributed by atoms with Gasteiger partial charge in [0, 0.05) is 45.3 Å². The van der Waals surface area contributed by atoms with Crippen molar-refractivity contribution in [1.82, 2.24) is 24.9 Å². The molecule has 2 aliphatic heterocycles. The Morgan fingerprint density at radius 3 is 2.52 bits per heavy atom. The van der Waals surface area contributed by atoms with Gasteiger partial charge in [0.25, 0.3) is 0 Å².